The summed E-state index contributed by atoms with van der Waals surface area (Å²) in [5.41, 5.74) is 2.56. The zero-order valence-corrected chi connectivity index (χ0v) is 20.6. The standard InChI is InChI=1S/C24H31N7O3S/c32-20(28-31-21(33)24(25-22(31)34)12-6-2-7-13-24)17-35-23-27-26-19(16-29-14-8-3-9-15-29)30(23)18-10-4-1-5-11-18/h1,4-5,10-11H,2-3,6-9,12-17H2,(H,25,34)(H,28,32). The lowest BCUT2D eigenvalue weighted by atomic mass is 9.82. The Morgan fingerprint density at radius 3 is 2.46 bits per heavy atom. The maximum atomic E-state index is 12.9. The van der Waals surface area contributed by atoms with Crippen LogP contribution >= 0.6 is 11.8 Å². The van der Waals surface area contributed by atoms with Gasteiger partial charge in [-0.2, -0.15) is 5.01 Å². The summed E-state index contributed by atoms with van der Waals surface area (Å²) in [6, 6.07) is 9.29. The third-order valence-electron chi connectivity index (χ3n) is 6.97. The molecule has 1 saturated carbocycles. The van der Waals surface area contributed by atoms with Crippen molar-refractivity contribution in [3.63, 3.8) is 0 Å². The first-order valence-electron chi connectivity index (χ1n) is 12.4. The van der Waals surface area contributed by atoms with Gasteiger partial charge in [0.1, 0.15) is 5.54 Å². The SMILES string of the molecule is O=C(CSc1nnc(CN2CCCCC2)n1-c1ccccc1)NN1C(=O)NC2(CCCCC2)C1=O. The van der Waals surface area contributed by atoms with Crippen LogP contribution in [-0.4, -0.2) is 66.9 Å². The molecule has 35 heavy (non-hydrogen) atoms. The number of nitrogens with zero attached hydrogens (tertiary/aromatic N) is 5. The van der Waals surface area contributed by atoms with Crippen molar-refractivity contribution < 1.29 is 14.4 Å². The van der Waals surface area contributed by atoms with E-state index in [4.69, 9.17) is 0 Å². The minimum absolute atomic E-state index is 0.00125. The topological polar surface area (TPSA) is 112 Å². The molecule has 10 nitrogen and oxygen atoms in total. The predicted octanol–water partition coefficient (Wildman–Crippen LogP) is 2.63. The summed E-state index contributed by atoms with van der Waals surface area (Å²) < 4.78 is 1.98. The number of rotatable bonds is 7. The fraction of sp³-hybridized carbons (Fsp3) is 0.542. The number of carbonyl (C=O) groups is 3. The van der Waals surface area contributed by atoms with E-state index in [1.807, 2.05) is 34.9 Å². The van der Waals surface area contributed by atoms with Gasteiger partial charge in [0.2, 0.25) is 5.91 Å². The average molecular weight is 498 g/mol. The number of amides is 4. The molecule has 2 aromatic rings. The zero-order chi connectivity index (χ0) is 24.3. The molecule has 1 spiro atoms. The number of imide groups is 1. The molecule has 3 fully saturated rings. The first-order valence-corrected chi connectivity index (χ1v) is 13.4. The van der Waals surface area contributed by atoms with Gasteiger partial charge in [0.05, 0.1) is 12.3 Å². The maximum absolute atomic E-state index is 12.9. The molecule has 0 unspecified atom stereocenters. The second-order valence-electron chi connectivity index (χ2n) is 9.44. The third-order valence-corrected chi connectivity index (χ3v) is 7.90. The van der Waals surface area contributed by atoms with E-state index < -0.39 is 17.5 Å². The Labute approximate surface area is 208 Å². The van der Waals surface area contributed by atoms with E-state index in [0.29, 0.717) is 24.5 Å². The molecule has 2 aliphatic heterocycles. The Balaban J connectivity index is 1.26. The molecule has 4 amide bonds. The monoisotopic (exact) mass is 497 g/mol. The molecule has 2 N–H and O–H groups in total. The summed E-state index contributed by atoms with van der Waals surface area (Å²) in [5, 5.41) is 13.1. The van der Waals surface area contributed by atoms with Gasteiger partial charge in [-0.3, -0.25) is 24.5 Å². The van der Waals surface area contributed by atoms with Crippen molar-refractivity contribution >= 4 is 29.6 Å². The lowest BCUT2D eigenvalue weighted by Crippen LogP contribution is -2.51. The average Bonchev–Trinajstić information content (AvgIpc) is 3.38. The first kappa shape index (κ1) is 23.8. The number of carbonyl (C=O) groups excluding carboxylic acids is 3. The van der Waals surface area contributed by atoms with E-state index in [1.165, 1.54) is 31.0 Å². The van der Waals surface area contributed by atoms with Crippen molar-refractivity contribution in [2.75, 3.05) is 18.8 Å². The van der Waals surface area contributed by atoms with Crippen LogP contribution in [0.25, 0.3) is 5.69 Å². The van der Waals surface area contributed by atoms with Crippen molar-refractivity contribution in [1.29, 1.82) is 0 Å². The highest BCUT2D eigenvalue weighted by atomic mass is 32.2. The van der Waals surface area contributed by atoms with Crippen LogP contribution in [0.2, 0.25) is 0 Å². The van der Waals surface area contributed by atoms with Crippen LogP contribution in [0.1, 0.15) is 57.2 Å². The van der Waals surface area contributed by atoms with Gasteiger partial charge in [-0.25, -0.2) is 4.79 Å². The van der Waals surface area contributed by atoms with Crippen LogP contribution in [0.5, 0.6) is 0 Å². The van der Waals surface area contributed by atoms with Crippen molar-refractivity contribution in [3.8, 4) is 5.69 Å². The molecular formula is C24H31N7O3S. The second kappa shape index (κ2) is 10.4. The van der Waals surface area contributed by atoms with Crippen molar-refractivity contribution in [2.45, 2.75) is 68.6 Å². The molecule has 2 saturated heterocycles. The molecule has 3 heterocycles. The summed E-state index contributed by atoms with van der Waals surface area (Å²) >= 11 is 1.23. The number of hydrogen-bond acceptors (Lipinski definition) is 7. The van der Waals surface area contributed by atoms with Crippen molar-refractivity contribution in [3.05, 3.63) is 36.2 Å². The highest BCUT2D eigenvalue weighted by Crippen LogP contribution is 2.33. The van der Waals surface area contributed by atoms with Crippen LogP contribution in [0.3, 0.4) is 0 Å². The number of piperidine rings is 1. The molecule has 11 heteroatoms. The van der Waals surface area contributed by atoms with E-state index in [-0.39, 0.29) is 11.7 Å². The number of hydrazine groups is 1. The van der Waals surface area contributed by atoms with Crippen molar-refractivity contribution in [2.24, 2.45) is 0 Å². The van der Waals surface area contributed by atoms with E-state index in [0.717, 1.165) is 48.9 Å². The number of likely N-dealkylation sites (tertiary alicyclic amines) is 1. The maximum Gasteiger partial charge on any atom is 0.344 e. The van der Waals surface area contributed by atoms with Gasteiger partial charge in [-0.1, -0.05) is 55.6 Å². The quantitative estimate of drug-likeness (QED) is 0.447. The zero-order valence-electron chi connectivity index (χ0n) is 19.7. The lowest BCUT2D eigenvalue weighted by molar-refractivity contribution is -0.139. The van der Waals surface area contributed by atoms with Gasteiger partial charge in [0.15, 0.2) is 11.0 Å². The number of para-hydroxylation sites is 1. The minimum Gasteiger partial charge on any atom is -0.322 e. The van der Waals surface area contributed by atoms with Gasteiger partial charge in [0, 0.05) is 5.69 Å². The molecule has 5 rings (SSSR count). The second-order valence-corrected chi connectivity index (χ2v) is 10.4. The number of urea groups is 1. The predicted molar refractivity (Wildman–Crippen MR) is 131 cm³/mol. The minimum atomic E-state index is -0.868. The van der Waals surface area contributed by atoms with Crippen LogP contribution < -0.4 is 10.7 Å². The number of hydrogen-bond donors (Lipinski definition) is 2. The van der Waals surface area contributed by atoms with Crippen LogP contribution in [0, 0.1) is 0 Å². The summed E-state index contributed by atoms with van der Waals surface area (Å²) in [6.45, 7) is 2.78. The molecule has 0 radical (unpaired) electrons. The first-order chi connectivity index (χ1) is 17.1. The van der Waals surface area contributed by atoms with Crippen LogP contribution in [0.15, 0.2) is 35.5 Å². The Morgan fingerprint density at radius 1 is 1.00 bits per heavy atom. The number of thioether (sulfide) groups is 1. The highest BCUT2D eigenvalue weighted by Gasteiger charge is 2.52. The van der Waals surface area contributed by atoms with Gasteiger partial charge >= 0.3 is 6.03 Å². The number of benzene rings is 1. The molecule has 1 aromatic heterocycles. The molecule has 1 aliphatic carbocycles. The van der Waals surface area contributed by atoms with E-state index in [1.54, 1.807) is 0 Å². The molecular weight excluding hydrogens is 466 g/mol. The Bertz CT molecular complexity index is 1080. The lowest BCUT2D eigenvalue weighted by Gasteiger charge is -2.30. The Hall–Kier alpha value is -2.92. The van der Waals surface area contributed by atoms with Crippen LogP contribution in [0.4, 0.5) is 4.79 Å². The fourth-order valence-electron chi connectivity index (χ4n) is 5.15. The van der Waals surface area contributed by atoms with Crippen LogP contribution in [-0.2, 0) is 16.1 Å². The molecule has 186 valence electrons. The highest BCUT2D eigenvalue weighted by molar-refractivity contribution is 7.99. The summed E-state index contributed by atoms with van der Waals surface area (Å²) in [4.78, 5) is 40.5. The van der Waals surface area contributed by atoms with Gasteiger partial charge < -0.3 is 5.32 Å². The molecule has 3 aliphatic rings. The van der Waals surface area contributed by atoms with E-state index in [9.17, 15) is 14.4 Å². The van der Waals surface area contributed by atoms with E-state index in [2.05, 4.69) is 25.8 Å². The van der Waals surface area contributed by atoms with Gasteiger partial charge in [0.25, 0.3) is 5.91 Å². The number of aromatic nitrogens is 3. The van der Waals surface area contributed by atoms with E-state index >= 15 is 0 Å². The largest absolute Gasteiger partial charge is 0.344 e. The van der Waals surface area contributed by atoms with Crippen molar-refractivity contribution in [1.82, 2.24) is 35.4 Å². The normalized spacial score (nSPS) is 20.3. The number of nitrogens with one attached hydrogen (secondary N) is 2. The fourth-order valence-corrected chi connectivity index (χ4v) is 5.92. The summed E-state index contributed by atoms with van der Waals surface area (Å²) in [6.07, 6.45) is 7.68. The smallest absolute Gasteiger partial charge is 0.322 e. The summed E-state index contributed by atoms with van der Waals surface area (Å²) in [5.74, 6) is 0.0244. The Kier molecular flexibility index (Phi) is 7.05. The molecule has 0 bridgehead atoms. The van der Waals surface area contributed by atoms with Gasteiger partial charge in [-0.15, -0.1) is 10.2 Å². The molecule has 0 atom stereocenters. The molecule has 1 aromatic carbocycles. The Morgan fingerprint density at radius 2 is 1.71 bits per heavy atom. The third kappa shape index (κ3) is 5.06. The summed E-state index contributed by atoms with van der Waals surface area (Å²) in [7, 11) is 0. The van der Waals surface area contributed by atoms with Gasteiger partial charge in [-0.05, 0) is 50.9 Å².